The molecular weight excluding hydrogens is 407 g/mol. The molecular formula is C23H24F3N3O2. The molecule has 0 radical (unpaired) electrons. The number of aryl methyl sites for hydroxylation is 3. The third-order valence-electron chi connectivity index (χ3n) is 5.36. The number of nitrogens with one attached hydrogen (secondary N) is 1. The number of amides is 1. The predicted molar refractivity (Wildman–Crippen MR) is 113 cm³/mol. The van der Waals surface area contributed by atoms with E-state index in [1.165, 1.54) is 6.07 Å². The largest absolute Gasteiger partial charge is 0.438 e. The summed E-state index contributed by atoms with van der Waals surface area (Å²) in [6, 6.07) is 9.53. The van der Waals surface area contributed by atoms with E-state index in [0.717, 1.165) is 26.8 Å². The molecule has 0 aliphatic rings. The number of benzene rings is 2. The Morgan fingerprint density at radius 1 is 1.10 bits per heavy atom. The molecule has 1 amide bonds. The molecule has 5 nitrogen and oxygen atoms in total. The van der Waals surface area contributed by atoms with Crippen LogP contribution < -0.4 is 10.9 Å². The van der Waals surface area contributed by atoms with Gasteiger partial charge in [0.05, 0.1) is 11.0 Å². The highest BCUT2D eigenvalue weighted by molar-refractivity contribution is 5.84. The van der Waals surface area contributed by atoms with Crippen molar-refractivity contribution in [2.75, 3.05) is 0 Å². The number of fused-ring (bicyclic) bond motifs is 1. The Labute approximate surface area is 177 Å². The number of carbonyl (C=O) groups excluding carboxylic acids is 1. The summed E-state index contributed by atoms with van der Waals surface area (Å²) in [5.41, 5.74) is 0.851. The number of nitrogens with zero attached hydrogens (tertiary/aromatic N) is 2. The second kappa shape index (κ2) is 8.53. The molecule has 0 bridgehead atoms. The molecule has 8 heteroatoms. The van der Waals surface area contributed by atoms with E-state index >= 15 is 0 Å². The summed E-state index contributed by atoms with van der Waals surface area (Å²) in [4.78, 5) is 29.4. The minimum absolute atomic E-state index is 0.0276. The first-order valence-corrected chi connectivity index (χ1v) is 9.97. The summed E-state index contributed by atoms with van der Waals surface area (Å²) in [6.45, 7) is 7.35. The predicted octanol–water partition coefficient (Wildman–Crippen LogP) is 4.61. The van der Waals surface area contributed by atoms with Crippen molar-refractivity contribution in [2.24, 2.45) is 0 Å². The van der Waals surface area contributed by atoms with Crippen molar-refractivity contribution in [3.63, 3.8) is 0 Å². The average molecular weight is 431 g/mol. The first-order valence-electron chi connectivity index (χ1n) is 9.97. The zero-order valence-electron chi connectivity index (χ0n) is 17.8. The van der Waals surface area contributed by atoms with Crippen molar-refractivity contribution < 1.29 is 18.0 Å². The third-order valence-corrected chi connectivity index (χ3v) is 5.36. The van der Waals surface area contributed by atoms with Gasteiger partial charge in [0.15, 0.2) is 0 Å². The topological polar surface area (TPSA) is 64.0 Å². The number of aromatic nitrogens is 2. The van der Waals surface area contributed by atoms with Crippen LogP contribution >= 0.6 is 0 Å². The monoisotopic (exact) mass is 431 g/mol. The van der Waals surface area contributed by atoms with Gasteiger partial charge < -0.3 is 5.32 Å². The second-order valence-corrected chi connectivity index (χ2v) is 7.69. The summed E-state index contributed by atoms with van der Waals surface area (Å²) >= 11 is 0. The zero-order chi connectivity index (χ0) is 22.9. The first kappa shape index (κ1) is 22.5. The molecule has 0 saturated carbocycles. The van der Waals surface area contributed by atoms with Gasteiger partial charge in [-0.15, -0.1) is 0 Å². The Morgan fingerprint density at radius 2 is 1.71 bits per heavy atom. The third kappa shape index (κ3) is 4.62. The maximum Gasteiger partial charge on any atom is 0.438 e. The summed E-state index contributed by atoms with van der Waals surface area (Å²) in [6.07, 6.45) is -4.79. The molecule has 0 fully saturated rings. The quantitative estimate of drug-likeness (QED) is 0.642. The van der Waals surface area contributed by atoms with E-state index < -0.39 is 29.4 Å². The Balaban J connectivity index is 2.09. The van der Waals surface area contributed by atoms with E-state index in [1.54, 1.807) is 26.8 Å². The molecule has 3 aromatic rings. The highest BCUT2D eigenvalue weighted by atomic mass is 19.4. The van der Waals surface area contributed by atoms with Crippen LogP contribution in [0.5, 0.6) is 0 Å². The van der Waals surface area contributed by atoms with Gasteiger partial charge in [0.2, 0.25) is 11.6 Å². The Kier molecular flexibility index (Phi) is 6.20. The van der Waals surface area contributed by atoms with Gasteiger partial charge in [0, 0.05) is 6.54 Å². The van der Waals surface area contributed by atoms with Gasteiger partial charge in [-0.05, 0) is 56.0 Å². The fourth-order valence-electron chi connectivity index (χ4n) is 3.45. The lowest BCUT2D eigenvalue weighted by molar-refractivity contribution is -0.142. The lowest BCUT2D eigenvalue weighted by Gasteiger charge is -2.22. The number of hydrogen-bond acceptors (Lipinski definition) is 3. The number of hydrogen-bond donors (Lipinski definition) is 1. The molecule has 0 spiro atoms. The van der Waals surface area contributed by atoms with Crippen molar-refractivity contribution >= 4 is 16.9 Å². The average Bonchev–Trinajstić information content (AvgIpc) is 2.70. The van der Waals surface area contributed by atoms with Crippen LogP contribution in [0, 0.1) is 20.8 Å². The molecule has 3 rings (SSSR count). The van der Waals surface area contributed by atoms with Crippen LogP contribution in [0.2, 0.25) is 0 Å². The van der Waals surface area contributed by atoms with E-state index in [-0.39, 0.29) is 24.0 Å². The minimum atomic E-state index is -4.93. The van der Waals surface area contributed by atoms with Gasteiger partial charge in [-0.2, -0.15) is 13.2 Å². The molecule has 1 heterocycles. The number of halogens is 3. The van der Waals surface area contributed by atoms with E-state index in [2.05, 4.69) is 10.3 Å². The number of rotatable bonds is 5. The van der Waals surface area contributed by atoms with Crippen LogP contribution in [0.25, 0.3) is 11.0 Å². The van der Waals surface area contributed by atoms with Crippen LogP contribution in [0.3, 0.4) is 0 Å². The molecule has 164 valence electrons. The molecule has 2 aromatic carbocycles. The van der Waals surface area contributed by atoms with Crippen molar-refractivity contribution in [3.8, 4) is 0 Å². The number of alkyl halides is 3. The normalized spacial score (nSPS) is 12.7. The smallest absolute Gasteiger partial charge is 0.350 e. The van der Waals surface area contributed by atoms with Crippen LogP contribution in [0.1, 0.15) is 47.3 Å². The Morgan fingerprint density at radius 3 is 2.29 bits per heavy atom. The van der Waals surface area contributed by atoms with E-state index in [4.69, 9.17) is 0 Å². The lowest BCUT2D eigenvalue weighted by atomic mass is 10.1. The lowest BCUT2D eigenvalue weighted by Crippen LogP contribution is -2.40. The molecule has 1 unspecified atom stereocenters. The highest BCUT2D eigenvalue weighted by Gasteiger charge is 2.38. The van der Waals surface area contributed by atoms with Gasteiger partial charge in [-0.3, -0.25) is 14.2 Å². The maximum absolute atomic E-state index is 13.5. The van der Waals surface area contributed by atoms with Crippen molar-refractivity contribution in [2.45, 2.75) is 52.9 Å². The molecule has 1 atom stereocenters. The van der Waals surface area contributed by atoms with E-state index in [0.29, 0.717) is 0 Å². The summed E-state index contributed by atoms with van der Waals surface area (Å²) in [5, 5.41) is 2.74. The Bertz CT molecular complexity index is 1180. The summed E-state index contributed by atoms with van der Waals surface area (Å²) in [7, 11) is 0. The van der Waals surface area contributed by atoms with Gasteiger partial charge >= 0.3 is 6.18 Å². The van der Waals surface area contributed by atoms with Crippen molar-refractivity contribution in [1.82, 2.24) is 14.9 Å². The summed E-state index contributed by atoms with van der Waals surface area (Å²) in [5.74, 6) is -0.524. The van der Waals surface area contributed by atoms with E-state index in [1.807, 2.05) is 31.2 Å². The van der Waals surface area contributed by atoms with Crippen LogP contribution in [-0.2, 0) is 17.5 Å². The van der Waals surface area contributed by atoms with Crippen LogP contribution in [-0.4, -0.2) is 15.5 Å². The van der Waals surface area contributed by atoms with Gasteiger partial charge in [-0.25, -0.2) is 4.98 Å². The first-order chi connectivity index (χ1) is 14.5. The molecule has 1 aromatic heterocycles. The fraction of sp³-hybridized carbons (Fsp3) is 0.348. The highest BCUT2D eigenvalue weighted by Crippen LogP contribution is 2.29. The zero-order valence-corrected chi connectivity index (χ0v) is 17.8. The number of carbonyl (C=O) groups is 1. The molecule has 0 aliphatic carbocycles. The van der Waals surface area contributed by atoms with Crippen LogP contribution in [0.4, 0.5) is 13.2 Å². The second-order valence-electron chi connectivity index (χ2n) is 7.69. The van der Waals surface area contributed by atoms with Gasteiger partial charge in [-0.1, -0.05) is 36.8 Å². The SMILES string of the molecule is CCC(C(=O)NCc1ccc(C)cc1)n1c(=O)c(C(F)(F)F)nc2cc(C)c(C)cc21. The summed E-state index contributed by atoms with van der Waals surface area (Å²) < 4.78 is 41.5. The van der Waals surface area contributed by atoms with Crippen molar-refractivity contribution in [1.29, 1.82) is 0 Å². The fourth-order valence-corrected chi connectivity index (χ4v) is 3.45. The van der Waals surface area contributed by atoms with Crippen molar-refractivity contribution in [3.05, 3.63) is 74.7 Å². The van der Waals surface area contributed by atoms with Gasteiger partial charge in [0.25, 0.3) is 5.56 Å². The molecule has 0 saturated heterocycles. The minimum Gasteiger partial charge on any atom is -0.350 e. The molecule has 31 heavy (non-hydrogen) atoms. The molecule has 0 aliphatic heterocycles. The van der Waals surface area contributed by atoms with Gasteiger partial charge in [0.1, 0.15) is 6.04 Å². The standard InChI is InChI=1S/C23H24F3N3O2/c1-5-18(21(30)27-12-16-8-6-13(2)7-9-16)29-19-11-15(4)14(3)10-17(19)28-20(22(29)31)23(24,25)26/h6-11,18H,5,12H2,1-4H3,(H,27,30). The Hall–Kier alpha value is -3.16. The maximum atomic E-state index is 13.5. The molecule has 1 N–H and O–H groups in total. The van der Waals surface area contributed by atoms with E-state index in [9.17, 15) is 22.8 Å². The van der Waals surface area contributed by atoms with Crippen LogP contribution in [0.15, 0.2) is 41.2 Å².